The molecule has 1 aromatic carbocycles. The Labute approximate surface area is 121 Å². The molecule has 0 atom stereocenters. The third kappa shape index (κ3) is 2.99. The second-order valence-corrected chi connectivity index (χ2v) is 5.46. The molecular formula is C15H15N3OS. The first kappa shape index (κ1) is 13.1. The summed E-state index contributed by atoms with van der Waals surface area (Å²) in [7, 11) is 0. The standard InChI is InChI=1S/C15H15N3OS/c1-2-4-14-17-18-15(19-14)20-10-11-6-7-13-12(9-11)5-3-8-16-13/h3,5-9H,2,4,10H2,1H3. The third-order valence-electron chi connectivity index (χ3n) is 2.94. The topological polar surface area (TPSA) is 51.8 Å². The Bertz CT molecular complexity index is 711. The Morgan fingerprint density at radius 1 is 1.20 bits per heavy atom. The normalized spacial score (nSPS) is 11.1. The van der Waals surface area contributed by atoms with Gasteiger partial charge in [0.05, 0.1) is 5.52 Å². The molecule has 102 valence electrons. The van der Waals surface area contributed by atoms with Crippen LogP contribution in [-0.4, -0.2) is 15.2 Å². The summed E-state index contributed by atoms with van der Waals surface area (Å²) in [5, 5.41) is 9.86. The third-order valence-corrected chi connectivity index (χ3v) is 3.83. The van der Waals surface area contributed by atoms with Crippen LogP contribution in [0, 0.1) is 0 Å². The summed E-state index contributed by atoms with van der Waals surface area (Å²) in [6.45, 7) is 2.10. The van der Waals surface area contributed by atoms with Gasteiger partial charge in [-0.1, -0.05) is 30.8 Å². The fourth-order valence-electron chi connectivity index (χ4n) is 1.97. The molecule has 0 bridgehead atoms. The summed E-state index contributed by atoms with van der Waals surface area (Å²) in [5.41, 5.74) is 2.25. The fourth-order valence-corrected chi connectivity index (χ4v) is 2.69. The van der Waals surface area contributed by atoms with E-state index in [1.165, 1.54) is 5.56 Å². The van der Waals surface area contributed by atoms with Crippen LogP contribution in [0.15, 0.2) is 46.2 Å². The number of rotatable bonds is 5. The van der Waals surface area contributed by atoms with Gasteiger partial charge in [0.25, 0.3) is 5.22 Å². The highest BCUT2D eigenvalue weighted by Crippen LogP contribution is 2.23. The number of aryl methyl sites for hydroxylation is 1. The van der Waals surface area contributed by atoms with Crippen molar-refractivity contribution < 1.29 is 4.42 Å². The number of hydrogen-bond acceptors (Lipinski definition) is 5. The zero-order valence-corrected chi connectivity index (χ0v) is 12.1. The Morgan fingerprint density at radius 2 is 2.15 bits per heavy atom. The van der Waals surface area contributed by atoms with Crippen molar-refractivity contribution >= 4 is 22.7 Å². The van der Waals surface area contributed by atoms with Crippen LogP contribution < -0.4 is 0 Å². The lowest BCUT2D eigenvalue weighted by Crippen LogP contribution is -1.83. The summed E-state index contributed by atoms with van der Waals surface area (Å²) < 4.78 is 5.56. The monoisotopic (exact) mass is 285 g/mol. The molecule has 0 spiro atoms. The number of pyridine rings is 1. The largest absolute Gasteiger partial charge is 0.416 e. The minimum Gasteiger partial charge on any atom is -0.416 e. The number of nitrogens with zero attached hydrogens (tertiary/aromatic N) is 3. The van der Waals surface area contributed by atoms with E-state index in [1.807, 2.05) is 18.3 Å². The smallest absolute Gasteiger partial charge is 0.276 e. The number of aromatic nitrogens is 3. The van der Waals surface area contributed by atoms with Gasteiger partial charge in [0, 0.05) is 23.8 Å². The van der Waals surface area contributed by atoms with Gasteiger partial charge in [0.1, 0.15) is 0 Å². The molecule has 0 fully saturated rings. The first-order valence-electron chi connectivity index (χ1n) is 6.64. The molecule has 0 radical (unpaired) electrons. The lowest BCUT2D eigenvalue weighted by atomic mass is 10.1. The van der Waals surface area contributed by atoms with Crippen LogP contribution in [0.25, 0.3) is 10.9 Å². The number of thioether (sulfide) groups is 1. The molecule has 0 N–H and O–H groups in total. The van der Waals surface area contributed by atoms with Gasteiger partial charge < -0.3 is 4.42 Å². The molecule has 5 heteroatoms. The van der Waals surface area contributed by atoms with E-state index in [1.54, 1.807) is 11.8 Å². The molecule has 0 saturated carbocycles. The van der Waals surface area contributed by atoms with E-state index in [2.05, 4.69) is 40.3 Å². The highest BCUT2D eigenvalue weighted by atomic mass is 32.2. The maximum Gasteiger partial charge on any atom is 0.276 e. The van der Waals surface area contributed by atoms with E-state index in [0.717, 1.165) is 35.4 Å². The van der Waals surface area contributed by atoms with Crippen LogP contribution in [0.3, 0.4) is 0 Å². The molecule has 0 unspecified atom stereocenters. The van der Waals surface area contributed by atoms with Gasteiger partial charge >= 0.3 is 0 Å². The summed E-state index contributed by atoms with van der Waals surface area (Å²) in [4.78, 5) is 4.32. The number of hydrogen-bond donors (Lipinski definition) is 0. The summed E-state index contributed by atoms with van der Waals surface area (Å²) in [5.74, 6) is 1.54. The molecule has 2 aromatic heterocycles. The van der Waals surface area contributed by atoms with Gasteiger partial charge in [0.15, 0.2) is 0 Å². The zero-order chi connectivity index (χ0) is 13.8. The van der Waals surface area contributed by atoms with Gasteiger partial charge in [-0.3, -0.25) is 4.98 Å². The molecule has 0 amide bonds. The SMILES string of the molecule is CCCc1nnc(SCc2ccc3ncccc3c2)o1. The van der Waals surface area contributed by atoms with Crippen molar-refractivity contribution in [2.45, 2.75) is 30.7 Å². The second-order valence-electron chi connectivity index (χ2n) is 4.53. The van der Waals surface area contributed by atoms with Gasteiger partial charge in [-0.05, 0) is 30.2 Å². The molecule has 20 heavy (non-hydrogen) atoms. The van der Waals surface area contributed by atoms with Crippen LogP contribution in [0.2, 0.25) is 0 Å². The first-order chi connectivity index (χ1) is 9.85. The molecule has 0 aliphatic heterocycles. The maximum atomic E-state index is 5.56. The second kappa shape index (κ2) is 6.05. The van der Waals surface area contributed by atoms with Crippen LogP contribution in [0.1, 0.15) is 24.8 Å². The molecule has 0 aliphatic rings. The fraction of sp³-hybridized carbons (Fsp3) is 0.267. The van der Waals surface area contributed by atoms with E-state index >= 15 is 0 Å². The van der Waals surface area contributed by atoms with Crippen LogP contribution in [0.5, 0.6) is 0 Å². The first-order valence-corrected chi connectivity index (χ1v) is 7.62. The Morgan fingerprint density at radius 3 is 3.05 bits per heavy atom. The number of benzene rings is 1. The van der Waals surface area contributed by atoms with E-state index in [0.29, 0.717) is 5.22 Å². The molecule has 3 aromatic rings. The summed E-state index contributed by atoms with van der Waals surface area (Å²) in [6.07, 6.45) is 3.67. The Balaban J connectivity index is 1.69. The lowest BCUT2D eigenvalue weighted by Gasteiger charge is -2.01. The highest BCUT2D eigenvalue weighted by Gasteiger charge is 2.06. The minimum atomic E-state index is 0.639. The molecule has 0 aliphatic carbocycles. The average molecular weight is 285 g/mol. The molecule has 2 heterocycles. The lowest BCUT2D eigenvalue weighted by molar-refractivity contribution is 0.411. The van der Waals surface area contributed by atoms with E-state index in [9.17, 15) is 0 Å². The predicted molar refractivity (Wildman–Crippen MR) is 79.6 cm³/mol. The molecule has 0 saturated heterocycles. The van der Waals surface area contributed by atoms with Crippen LogP contribution >= 0.6 is 11.8 Å². The minimum absolute atomic E-state index is 0.639. The van der Waals surface area contributed by atoms with Crippen molar-refractivity contribution in [1.82, 2.24) is 15.2 Å². The summed E-state index contributed by atoms with van der Waals surface area (Å²) in [6, 6.07) is 10.3. The van der Waals surface area contributed by atoms with E-state index in [-0.39, 0.29) is 0 Å². The van der Waals surface area contributed by atoms with Crippen molar-refractivity contribution in [2.24, 2.45) is 0 Å². The van der Waals surface area contributed by atoms with Crippen molar-refractivity contribution in [3.63, 3.8) is 0 Å². The molecular weight excluding hydrogens is 270 g/mol. The summed E-state index contributed by atoms with van der Waals surface area (Å²) >= 11 is 1.57. The quantitative estimate of drug-likeness (QED) is 0.666. The molecule has 3 rings (SSSR count). The van der Waals surface area contributed by atoms with Crippen LogP contribution in [-0.2, 0) is 12.2 Å². The van der Waals surface area contributed by atoms with E-state index in [4.69, 9.17) is 4.42 Å². The molecule has 4 nitrogen and oxygen atoms in total. The van der Waals surface area contributed by atoms with Crippen molar-refractivity contribution in [3.05, 3.63) is 48.0 Å². The number of fused-ring (bicyclic) bond motifs is 1. The maximum absolute atomic E-state index is 5.56. The van der Waals surface area contributed by atoms with Gasteiger partial charge in [-0.15, -0.1) is 10.2 Å². The van der Waals surface area contributed by atoms with Crippen LogP contribution in [0.4, 0.5) is 0 Å². The van der Waals surface area contributed by atoms with Crippen molar-refractivity contribution in [3.8, 4) is 0 Å². The van der Waals surface area contributed by atoms with Crippen molar-refractivity contribution in [2.75, 3.05) is 0 Å². The average Bonchev–Trinajstić information content (AvgIpc) is 2.93. The van der Waals surface area contributed by atoms with Gasteiger partial charge in [-0.2, -0.15) is 0 Å². The zero-order valence-electron chi connectivity index (χ0n) is 11.2. The Kier molecular flexibility index (Phi) is 3.97. The van der Waals surface area contributed by atoms with Gasteiger partial charge in [0.2, 0.25) is 5.89 Å². The predicted octanol–water partition coefficient (Wildman–Crippen LogP) is 3.86. The van der Waals surface area contributed by atoms with E-state index < -0.39 is 0 Å². The highest BCUT2D eigenvalue weighted by molar-refractivity contribution is 7.98. The van der Waals surface area contributed by atoms with Gasteiger partial charge in [-0.25, -0.2) is 0 Å². The Hall–Kier alpha value is -1.88. The van der Waals surface area contributed by atoms with Crippen molar-refractivity contribution in [1.29, 1.82) is 0 Å².